The predicted molar refractivity (Wildman–Crippen MR) is 78.9 cm³/mol. The number of aromatic hydroxyl groups is 1. The fourth-order valence-corrected chi connectivity index (χ4v) is 2.97. The summed E-state index contributed by atoms with van der Waals surface area (Å²) in [6.07, 6.45) is -4.32. The molecule has 1 fully saturated rings. The third kappa shape index (κ3) is 3.03. The van der Waals surface area contributed by atoms with Gasteiger partial charge in [0, 0.05) is 26.2 Å². The maximum Gasteiger partial charge on any atom is 0.408 e. The standard InChI is InChI=1S/C16H17F3N2O/c17-16(18,19)15(21-7-5-20-6-8-21)13-2-1-12-10-14(22)4-3-11(12)9-13/h1-4,9-10,15,20,22H,5-8H2/t15-/m1/s1. The van der Waals surface area contributed by atoms with Gasteiger partial charge in [0.1, 0.15) is 11.8 Å². The van der Waals surface area contributed by atoms with Crippen LogP contribution >= 0.6 is 0 Å². The SMILES string of the molecule is Oc1ccc2cc([C@@H](N3CCNCC3)C(F)(F)F)ccc2c1. The maximum atomic E-state index is 13.6. The molecule has 0 saturated carbocycles. The van der Waals surface area contributed by atoms with Crippen molar-refractivity contribution in [3.05, 3.63) is 42.0 Å². The molecule has 3 nitrogen and oxygen atoms in total. The van der Waals surface area contributed by atoms with E-state index in [0.29, 0.717) is 31.6 Å². The van der Waals surface area contributed by atoms with E-state index in [2.05, 4.69) is 5.32 Å². The summed E-state index contributed by atoms with van der Waals surface area (Å²) in [5.41, 5.74) is 0.243. The van der Waals surface area contributed by atoms with Crippen molar-refractivity contribution < 1.29 is 18.3 Å². The molecule has 1 atom stereocenters. The van der Waals surface area contributed by atoms with Gasteiger partial charge in [0.15, 0.2) is 0 Å². The van der Waals surface area contributed by atoms with E-state index in [-0.39, 0.29) is 11.3 Å². The number of hydrogen-bond acceptors (Lipinski definition) is 3. The van der Waals surface area contributed by atoms with Crippen LogP contribution in [0.5, 0.6) is 5.75 Å². The molecular formula is C16H17F3N2O. The van der Waals surface area contributed by atoms with Gasteiger partial charge in [-0.1, -0.05) is 18.2 Å². The smallest absolute Gasteiger partial charge is 0.408 e. The zero-order chi connectivity index (χ0) is 15.7. The molecule has 0 radical (unpaired) electrons. The van der Waals surface area contributed by atoms with Gasteiger partial charge in [-0.2, -0.15) is 13.2 Å². The first kappa shape index (κ1) is 15.1. The fourth-order valence-electron chi connectivity index (χ4n) is 2.97. The minimum Gasteiger partial charge on any atom is -0.508 e. The number of nitrogens with zero attached hydrogens (tertiary/aromatic N) is 1. The highest BCUT2D eigenvalue weighted by atomic mass is 19.4. The average Bonchev–Trinajstić information content (AvgIpc) is 2.47. The van der Waals surface area contributed by atoms with E-state index in [9.17, 15) is 18.3 Å². The number of phenolic OH excluding ortho intramolecular Hbond substituents is 1. The number of halogens is 3. The second kappa shape index (κ2) is 5.78. The highest BCUT2D eigenvalue weighted by molar-refractivity contribution is 5.84. The molecule has 6 heteroatoms. The molecule has 2 N–H and O–H groups in total. The molecule has 1 heterocycles. The molecule has 1 aliphatic heterocycles. The van der Waals surface area contributed by atoms with Crippen LogP contribution in [0.4, 0.5) is 13.2 Å². The summed E-state index contributed by atoms with van der Waals surface area (Å²) in [6.45, 7) is 1.87. The number of alkyl halides is 3. The summed E-state index contributed by atoms with van der Waals surface area (Å²) in [5.74, 6) is 0.106. The molecule has 0 bridgehead atoms. The van der Waals surface area contributed by atoms with E-state index < -0.39 is 12.2 Å². The van der Waals surface area contributed by atoms with Crippen LogP contribution in [0.1, 0.15) is 11.6 Å². The Kier molecular flexibility index (Phi) is 3.97. The lowest BCUT2D eigenvalue weighted by Crippen LogP contribution is -2.49. The lowest BCUT2D eigenvalue weighted by Gasteiger charge is -2.36. The molecule has 1 saturated heterocycles. The summed E-state index contributed by atoms with van der Waals surface area (Å²) in [4.78, 5) is 1.47. The van der Waals surface area contributed by atoms with Gasteiger partial charge in [-0.3, -0.25) is 4.90 Å². The number of benzene rings is 2. The predicted octanol–water partition coefficient (Wildman–Crippen LogP) is 3.05. The highest BCUT2D eigenvalue weighted by Crippen LogP contribution is 2.39. The number of nitrogens with one attached hydrogen (secondary N) is 1. The molecule has 1 aliphatic rings. The number of piperazine rings is 1. The Labute approximate surface area is 126 Å². The lowest BCUT2D eigenvalue weighted by molar-refractivity contribution is -0.187. The molecule has 0 unspecified atom stereocenters. The Bertz CT molecular complexity index is 666. The van der Waals surface area contributed by atoms with Crippen molar-refractivity contribution in [3.8, 4) is 5.75 Å². The van der Waals surface area contributed by atoms with Crippen molar-refractivity contribution in [1.82, 2.24) is 10.2 Å². The van der Waals surface area contributed by atoms with Gasteiger partial charge in [0.2, 0.25) is 0 Å². The first-order valence-electron chi connectivity index (χ1n) is 7.19. The second-order valence-corrected chi connectivity index (χ2v) is 5.52. The van der Waals surface area contributed by atoms with Crippen LogP contribution in [0.2, 0.25) is 0 Å². The van der Waals surface area contributed by atoms with Crippen LogP contribution in [-0.4, -0.2) is 42.4 Å². The van der Waals surface area contributed by atoms with E-state index in [4.69, 9.17) is 0 Å². The quantitative estimate of drug-likeness (QED) is 0.895. The molecule has 0 aromatic heterocycles. The van der Waals surface area contributed by atoms with Crippen LogP contribution in [0.3, 0.4) is 0 Å². The minimum atomic E-state index is -4.32. The van der Waals surface area contributed by atoms with Crippen molar-refractivity contribution in [2.75, 3.05) is 26.2 Å². The Hall–Kier alpha value is -1.79. The van der Waals surface area contributed by atoms with Crippen LogP contribution in [0, 0.1) is 0 Å². The van der Waals surface area contributed by atoms with Crippen LogP contribution in [0.25, 0.3) is 10.8 Å². The molecule has 2 aromatic rings. The number of hydrogen-bond donors (Lipinski definition) is 2. The van der Waals surface area contributed by atoms with Crippen molar-refractivity contribution in [1.29, 1.82) is 0 Å². The Morgan fingerprint density at radius 3 is 2.32 bits per heavy atom. The number of fused-ring (bicyclic) bond motifs is 1. The third-order valence-electron chi connectivity index (χ3n) is 3.99. The maximum absolute atomic E-state index is 13.6. The molecule has 22 heavy (non-hydrogen) atoms. The first-order chi connectivity index (χ1) is 10.4. The molecule has 2 aromatic carbocycles. The van der Waals surface area contributed by atoms with E-state index in [1.165, 1.54) is 17.0 Å². The number of phenols is 1. The molecular weight excluding hydrogens is 293 g/mol. The third-order valence-corrected chi connectivity index (χ3v) is 3.99. The second-order valence-electron chi connectivity index (χ2n) is 5.52. The first-order valence-corrected chi connectivity index (χ1v) is 7.19. The number of rotatable bonds is 2. The fraction of sp³-hybridized carbons (Fsp3) is 0.375. The van der Waals surface area contributed by atoms with E-state index in [1.54, 1.807) is 24.3 Å². The van der Waals surface area contributed by atoms with Crippen LogP contribution in [0.15, 0.2) is 36.4 Å². The van der Waals surface area contributed by atoms with Crippen molar-refractivity contribution in [2.24, 2.45) is 0 Å². The monoisotopic (exact) mass is 310 g/mol. The summed E-state index contributed by atoms with van der Waals surface area (Å²) in [6, 6.07) is 7.78. The van der Waals surface area contributed by atoms with Gasteiger partial charge in [-0.05, 0) is 34.5 Å². The summed E-state index contributed by atoms with van der Waals surface area (Å²) < 4.78 is 40.7. The Balaban J connectivity index is 2.01. The Morgan fingerprint density at radius 2 is 1.64 bits per heavy atom. The zero-order valence-electron chi connectivity index (χ0n) is 11.9. The van der Waals surface area contributed by atoms with Crippen molar-refractivity contribution in [2.45, 2.75) is 12.2 Å². The molecule has 0 amide bonds. The van der Waals surface area contributed by atoms with Crippen LogP contribution in [-0.2, 0) is 0 Å². The van der Waals surface area contributed by atoms with E-state index >= 15 is 0 Å². The highest BCUT2D eigenvalue weighted by Gasteiger charge is 2.44. The minimum absolute atomic E-state index is 0.106. The normalized spacial score (nSPS) is 18.5. The summed E-state index contributed by atoms with van der Waals surface area (Å²) in [5, 5.41) is 13.9. The van der Waals surface area contributed by atoms with E-state index in [0.717, 1.165) is 5.39 Å². The van der Waals surface area contributed by atoms with Gasteiger partial charge >= 0.3 is 6.18 Å². The van der Waals surface area contributed by atoms with Gasteiger partial charge in [-0.15, -0.1) is 0 Å². The van der Waals surface area contributed by atoms with E-state index in [1.807, 2.05) is 0 Å². The molecule has 3 rings (SSSR count). The molecule has 0 aliphatic carbocycles. The van der Waals surface area contributed by atoms with Gasteiger partial charge < -0.3 is 10.4 Å². The molecule has 0 spiro atoms. The van der Waals surface area contributed by atoms with Crippen LogP contribution < -0.4 is 5.32 Å². The zero-order valence-corrected chi connectivity index (χ0v) is 11.9. The molecule has 118 valence electrons. The largest absolute Gasteiger partial charge is 0.508 e. The topological polar surface area (TPSA) is 35.5 Å². The average molecular weight is 310 g/mol. The van der Waals surface area contributed by atoms with Gasteiger partial charge in [-0.25, -0.2) is 0 Å². The van der Waals surface area contributed by atoms with Crippen molar-refractivity contribution in [3.63, 3.8) is 0 Å². The lowest BCUT2D eigenvalue weighted by atomic mass is 9.99. The summed E-state index contributed by atoms with van der Waals surface area (Å²) >= 11 is 0. The van der Waals surface area contributed by atoms with Gasteiger partial charge in [0.05, 0.1) is 0 Å². The van der Waals surface area contributed by atoms with Crippen molar-refractivity contribution >= 4 is 10.8 Å². The summed E-state index contributed by atoms with van der Waals surface area (Å²) in [7, 11) is 0. The van der Waals surface area contributed by atoms with Gasteiger partial charge in [0.25, 0.3) is 0 Å². The Morgan fingerprint density at radius 1 is 1.00 bits per heavy atom.